The lowest BCUT2D eigenvalue weighted by molar-refractivity contribution is -0.123. The van der Waals surface area contributed by atoms with Crippen LogP contribution in [-0.4, -0.2) is 41.2 Å². The number of morpholine rings is 1. The van der Waals surface area contributed by atoms with Gasteiger partial charge in [0, 0.05) is 24.0 Å². The molecule has 2 aromatic rings. The summed E-state index contributed by atoms with van der Waals surface area (Å²) in [4.78, 5) is 20.9. The molecule has 0 spiro atoms. The van der Waals surface area contributed by atoms with Gasteiger partial charge in [-0.1, -0.05) is 12.1 Å². The van der Waals surface area contributed by atoms with E-state index in [1.807, 2.05) is 44.2 Å². The fourth-order valence-electron chi connectivity index (χ4n) is 2.62. The zero-order valence-electron chi connectivity index (χ0n) is 13.7. The molecule has 1 aliphatic rings. The molecular weight excluding hydrogens is 328 g/mol. The number of halogens is 1. The van der Waals surface area contributed by atoms with E-state index >= 15 is 0 Å². The summed E-state index contributed by atoms with van der Waals surface area (Å²) in [5, 5.41) is 6.13. The summed E-state index contributed by atoms with van der Waals surface area (Å²) in [5.41, 5.74) is 2.51. The Morgan fingerprint density at radius 1 is 1.38 bits per heavy atom. The number of carbonyl (C=O) groups excluding carboxylic acids is 1. The van der Waals surface area contributed by atoms with Crippen molar-refractivity contribution >= 4 is 24.0 Å². The predicted molar refractivity (Wildman–Crippen MR) is 95.3 cm³/mol. The molecule has 2 heterocycles. The second kappa shape index (κ2) is 8.19. The first-order valence-electron chi connectivity index (χ1n) is 7.69. The van der Waals surface area contributed by atoms with Crippen molar-refractivity contribution in [3.8, 4) is 11.3 Å². The summed E-state index contributed by atoms with van der Waals surface area (Å²) in [7, 11) is 0. The van der Waals surface area contributed by atoms with E-state index in [1.54, 1.807) is 6.20 Å². The molecule has 1 amide bonds. The maximum absolute atomic E-state index is 12.4. The van der Waals surface area contributed by atoms with Crippen LogP contribution in [0.15, 0.2) is 36.5 Å². The summed E-state index contributed by atoms with van der Waals surface area (Å²) in [6, 6.07) is 9.15. The normalized spacial score (nSPS) is 20.1. The minimum atomic E-state index is -0.339. The first-order valence-corrected chi connectivity index (χ1v) is 7.69. The van der Waals surface area contributed by atoms with E-state index in [0.29, 0.717) is 19.0 Å². The van der Waals surface area contributed by atoms with E-state index in [0.717, 1.165) is 16.9 Å². The number of amides is 1. The van der Waals surface area contributed by atoms with Crippen molar-refractivity contribution in [2.75, 3.05) is 18.5 Å². The number of ether oxygens (including phenoxy) is 1. The van der Waals surface area contributed by atoms with Gasteiger partial charge in [-0.3, -0.25) is 4.79 Å². The number of aryl methyl sites for hydroxylation is 1. The second-order valence-electron chi connectivity index (χ2n) is 5.57. The van der Waals surface area contributed by atoms with E-state index in [2.05, 4.69) is 20.6 Å². The molecular formula is C17H21ClN4O2. The zero-order valence-corrected chi connectivity index (χ0v) is 14.5. The number of benzene rings is 1. The quantitative estimate of drug-likeness (QED) is 0.889. The van der Waals surface area contributed by atoms with Crippen LogP contribution in [0.4, 0.5) is 5.69 Å². The Balaban J connectivity index is 0.00000208. The fourth-order valence-corrected chi connectivity index (χ4v) is 2.62. The summed E-state index contributed by atoms with van der Waals surface area (Å²) < 4.78 is 5.52. The van der Waals surface area contributed by atoms with Gasteiger partial charge in [0.15, 0.2) is 0 Å². The number of anilines is 1. The number of aromatic nitrogens is 2. The van der Waals surface area contributed by atoms with Crippen LogP contribution in [0.3, 0.4) is 0 Å². The van der Waals surface area contributed by atoms with E-state index in [9.17, 15) is 4.79 Å². The van der Waals surface area contributed by atoms with E-state index < -0.39 is 0 Å². The Labute approximate surface area is 147 Å². The summed E-state index contributed by atoms with van der Waals surface area (Å²) in [5.74, 6) is 0.627. The van der Waals surface area contributed by atoms with Crippen LogP contribution >= 0.6 is 12.4 Å². The highest BCUT2D eigenvalue weighted by atomic mass is 35.5. The molecule has 2 atom stereocenters. The summed E-state index contributed by atoms with van der Waals surface area (Å²) >= 11 is 0. The van der Waals surface area contributed by atoms with Crippen molar-refractivity contribution < 1.29 is 9.53 Å². The molecule has 3 rings (SSSR count). The molecule has 2 N–H and O–H groups in total. The number of nitrogens with one attached hydrogen (secondary N) is 2. The van der Waals surface area contributed by atoms with Gasteiger partial charge in [0.05, 0.1) is 18.4 Å². The fraction of sp³-hybridized carbons (Fsp3) is 0.353. The second-order valence-corrected chi connectivity index (χ2v) is 5.57. The highest BCUT2D eigenvalue weighted by Crippen LogP contribution is 2.21. The van der Waals surface area contributed by atoms with Crippen LogP contribution < -0.4 is 10.6 Å². The maximum atomic E-state index is 12.4. The van der Waals surface area contributed by atoms with Gasteiger partial charge in [-0.2, -0.15) is 0 Å². The Bertz CT molecular complexity index is 710. The third-order valence-corrected chi connectivity index (χ3v) is 3.80. The van der Waals surface area contributed by atoms with Gasteiger partial charge in [0.2, 0.25) is 5.91 Å². The largest absolute Gasteiger partial charge is 0.375 e. The third kappa shape index (κ3) is 4.29. The smallest absolute Gasteiger partial charge is 0.244 e. The molecule has 1 fully saturated rings. The number of carbonyl (C=O) groups is 1. The minimum Gasteiger partial charge on any atom is -0.375 e. The molecule has 1 aliphatic heterocycles. The molecule has 0 bridgehead atoms. The molecule has 7 heteroatoms. The highest BCUT2D eigenvalue weighted by molar-refractivity contribution is 5.95. The third-order valence-electron chi connectivity index (χ3n) is 3.80. The van der Waals surface area contributed by atoms with Gasteiger partial charge in [-0.05, 0) is 32.0 Å². The van der Waals surface area contributed by atoms with Crippen LogP contribution in [0.1, 0.15) is 12.7 Å². The Morgan fingerprint density at radius 3 is 2.96 bits per heavy atom. The number of hydrogen-bond donors (Lipinski definition) is 2. The van der Waals surface area contributed by atoms with Gasteiger partial charge in [0.25, 0.3) is 0 Å². The van der Waals surface area contributed by atoms with Gasteiger partial charge in [-0.25, -0.2) is 9.97 Å². The van der Waals surface area contributed by atoms with Gasteiger partial charge >= 0.3 is 0 Å². The number of hydrogen-bond acceptors (Lipinski definition) is 5. The maximum Gasteiger partial charge on any atom is 0.244 e. The van der Waals surface area contributed by atoms with Crippen molar-refractivity contribution in [1.29, 1.82) is 0 Å². The molecule has 24 heavy (non-hydrogen) atoms. The van der Waals surface area contributed by atoms with Gasteiger partial charge in [-0.15, -0.1) is 12.4 Å². The van der Waals surface area contributed by atoms with Crippen LogP contribution in [0.5, 0.6) is 0 Å². The lowest BCUT2D eigenvalue weighted by Gasteiger charge is -2.29. The van der Waals surface area contributed by atoms with Crippen LogP contribution in [0, 0.1) is 6.92 Å². The highest BCUT2D eigenvalue weighted by Gasteiger charge is 2.28. The topological polar surface area (TPSA) is 76.1 Å². The van der Waals surface area contributed by atoms with Crippen molar-refractivity contribution in [1.82, 2.24) is 15.3 Å². The Kier molecular flexibility index (Phi) is 6.25. The van der Waals surface area contributed by atoms with Gasteiger partial charge < -0.3 is 15.4 Å². The van der Waals surface area contributed by atoms with E-state index in [1.165, 1.54) is 0 Å². The Morgan fingerprint density at radius 2 is 2.21 bits per heavy atom. The molecule has 0 aliphatic carbocycles. The molecule has 1 aromatic carbocycles. The molecule has 0 unspecified atom stereocenters. The van der Waals surface area contributed by atoms with E-state index in [-0.39, 0.29) is 30.5 Å². The molecule has 1 aromatic heterocycles. The average molecular weight is 349 g/mol. The lowest BCUT2D eigenvalue weighted by atomic mass is 10.1. The molecule has 0 radical (unpaired) electrons. The first-order chi connectivity index (χ1) is 11.1. The molecule has 1 saturated heterocycles. The number of rotatable bonds is 3. The van der Waals surface area contributed by atoms with Crippen molar-refractivity contribution in [3.63, 3.8) is 0 Å². The van der Waals surface area contributed by atoms with Crippen molar-refractivity contribution in [2.24, 2.45) is 0 Å². The van der Waals surface area contributed by atoms with Crippen molar-refractivity contribution in [2.45, 2.75) is 26.0 Å². The minimum absolute atomic E-state index is 0. The van der Waals surface area contributed by atoms with Crippen LogP contribution in [0.2, 0.25) is 0 Å². The Hall–Kier alpha value is -2.02. The average Bonchev–Trinajstić information content (AvgIpc) is 2.55. The van der Waals surface area contributed by atoms with Crippen molar-refractivity contribution in [3.05, 3.63) is 42.4 Å². The summed E-state index contributed by atoms with van der Waals surface area (Å²) in [6.07, 6.45) is 1.59. The molecule has 0 saturated carbocycles. The summed E-state index contributed by atoms with van der Waals surface area (Å²) in [6.45, 7) is 5.07. The van der Waals surface area contributed by atoms with E-state index in [4.69, 9.17) is 4.74 Å². The SMILES string of the molecule is Cc1nccc(-c2cccc(NC(=O)[C@H]3NCCO[C@@H]3C)c2)n1.Cl. The van der Waals surface area contributed by atoms with Gasteiger partial charge in [0.1, 0.15) is 11.9 Å². The monoisotopic (exact) mass is 348 g/mol. The van der Waals surface area contributed by atoms with Crippen LogP contribution in [0.25, 0.3) is 11.3 Å². The number of nitrogens with zero attached hydrogens (tertiary/aromatic N) is 2. The zero-order chi connectivity index (χ0) is 16.2. The molecule has 128 valence electrons. The lowest BCUT2D eigenvalue weighted by Crippen LogP contribution is -2.53. The predicted octanol–water partition coefficient (Wildman–Crippen LogP) is 2.19. The van der Waals surface area contributed by atoms with Crippen LogP contribution in [-0.2, 0) is 9.53 Å². The molecule has 6 nitrogen and oxygen atoms in total. The standard InChI is InChI=1S/C17H20N4O2.ClH/c1-11-16(19-8-9-23-11)17(22)21-14-5-3-4-13(10-14)15-6-7-18-12(2)20-15;/h3-7,10-11,16,19H,8-9H2,1-2H3,(H,21,22);1H/t11-,16+;/m1./s1. The first kappa shape index (κ1) is 18.3.